The van der Waals surface area contributed by atoms with Crippen LogP contribution in [0.25, 0.3) is 10.4 Å². The molecule has 0 aromatic rings. The fraction of sp³-hybridized carbons (Fsp3) is 0.929. The second kappa shape index (κ2) is 5.15. The molecular formula is C14H23BN4O3. The molecule has 22 heavy (non-hydrogen) atoms. The smallest absolute Gasteiger partial charge is 0.405 e. The lowest BCUT2D eigenvalue weighted by Gasteiger charge is -2.64. The normalized spacial score (nSPS) is 39.4. The average molecular weight is 306 g/mol. The number of azide groups is 1. The van der Waals surface area contributed by atoms with Gasteiger partial charge in [0.05, 0.1) is 17.6 Å². The van der Waals surface area contributed by atoms with E-state index in [1.54, 1.807) is 0 Å². The Morgan fingerprint density at radius 2 is 2.23 bits per heavy atom. The van der Waals surface area contributed by atoms with Crippen molar-refractivity contribution in [3.05, 3.63) is 10.4 Å². The van der Waals surface area contributed by atoms with Gasteiger partial charge in [0, 0.05) is 11.3 Å². The van der Waals surface area contributed by atoms with Gasteiger partial charge in [-0.3, -0.25) is 4.79 Å². The molecule has 4 aliphatic rings. The lowest BCUT2D eigenvalue weighted by atomic mass is 9.43. The standard InChI is InChI=1S/C14H23BN4O3/c1-13(2)8-6-9(13)14(3)10(7-8)21-15(22-14)11(18-19-17)4-5-12(16)20/h8-11H,4-7H2,1-3H3,(H2,16,20)/t8?,9?,10-,11?,14+/m1/s1. The summed E-state index contributed by atoms with van der Waals surface area (Å²) in [5.74, 6) is 0.196. The number of hydrogen-bond donors (Lipinski definition) is 1. The van der Waals surface area contributed by atoms with Gasteiger partial charge in [0.25, 0.3) is 0 Å². The van der Waals surface area contributed by atoms with Crippen LogP contribution < -0.4 is 5.73 Å². The minimum absolute atomic E-state index is 0.0410. The van der Waals surface area contributed by atoms with E-state index in [1.807, 2.05) is 0 Å². The summed E-state index contributed by atoms with van der Waals surface area (Å²) in [4.78, 5) is 13.9. The Morgan fingerprint density at radius 1 is 1.50 bits per heavy atom. The third kappa shape index (κ3) is 2.21. The van der Waals surface area contributed by atoms with Crippen molar-refractivity contribution in [2.75, 3.05) is 0 Å². The minimum atomic E-state index is -0.583. The Kier molecular flexibility index (Phi) is 3.66. The lowest BCUT2D eigenvalue weighted by Crippen LogP contribution is -2.65. The van der Waals surface area contributed by atoms with Crippen molar-refractivity contribution in [1.82, 2.24) is 0 Å². The molecule has 0 radical (unpaired) electrons. The van der Waals surface area contributed by atoms with E-state index in [0.29, 0.717) is 18.3 Å². The summed E-state index contributed by atoms with van der Waals surface area (Å²) >= 11 is 0. The molecule has 1 aliphatic heterocycles. The first kappa shape index (κ1) is 15.7. The summed E-state index contributed by atoms with van der Waals surface area (Å²) in [6, 6.07) is 0. The molecule has 1 amide bonds. The quantitative estimate of drug-likeness (QED) is 0.364. The zero-order valence-corrected chi connectivity index (χ0v) is 13.4. The summed E-state index contributed by atoms with van der Waals surface area (Å²) in [7, 11) is -0.583. The second-order valence-electron chi connectivity index (χ2n) is 7.61. The molecule has 0 aromatic carbocycles. The van der Waals surface area contributed by atoms with Gasteiger partial charge < -0.3 is 15.0 Å². The fourth-order valence-electron chi connectivity index (χ4n) is 4.67. The van der Waals surface area contributed by atoms with E-state index in [1.165, 1.54) is 6.42 Å². The fourth-order valence-corrected chi connectivity index (χ4v) is 4.67. The minimum Gasteiger partial charge on any atom is -0.405 e. The Bertz CT molecular complexity index is 536. The Labute approximate surface area is 130 Å². The summed E-state index contributed by atoms with van der Waals surface area (Å²) < 4.78 is 12.3. The second-order valence-corrected chi connectivity index (χ2v) is 7.61. The lowest BCUT2D eigenvalue weighted by molar-refractivity contribution is -0.199. The monoisotopic (exact) mass is 306 g/mol. The summed E-state index contributed by atoms with van der Waals surface area (Å²) in [5.41, 5.74) is 13.9. The van der Waals surface area contributed by atoms with E-state index in [-0.39, 0.29) is 23.5 Å². The molecule has 2 N–H and O–H groups in total. The topological polar surface area (TPSA) is 110 Å². The maximum Gasteiger partial charge on any atom is 0.466 e. The average Bonchev–Trinajstić information content (AvgIpc) is 2.79. The van der Waals surface area contributed by atoms with Crippen LogP contribution in [0.3, 0.4) is 0 Å². The van der Waals surface area contributed by atoms with Gasteiger partial charge in [0.2, 0.25) is 5.91 Å². The van der Waals surface area contributed by atoms with Crippen molar-refractivity contribution in [2.45, 2.75) is 64.1 Å². The Morgan fingerprint density at radius 3 is 2.82 bits per heavy atom. The molecule has 2 bridgehead atoms. The van der Waals surface area contributed by atoms with Crippen LogP contribution in [0.2, 0.25) is 0 Å². The van der Waals surface area contributed by atoms with Crippen LogP contribution in [0, 0.1) is 17.3 Å². The van der Waals surface area contributed by atoms with Gasteiger partial charge >= 0.3 is 7.12 Å². The van der Waals surface area contributed by atoms with Crippen molar-refractivity contribution >= 4 is 13.0 Å². The van der Waals surface area contributed by atoms with Crippen LogP contribution in [0.4, 0.5) is 0 Å². The van der Waals surface area contributed by atoms with E-state index >= 15 is 0 Å². The first-order valence-corrected chi connectivity index (χ1v) is 7.95. The summed E-state index contributed by atoms with van der Waals surface area (Å²) in [5, 5.41) is 3.76. The number of carbonyl (C=O) groups is 1. The predicted molar refractivity (Wildman–Crippen MR) is 81.5 cm³/mol. The summed E-state index contributed by atoms with van der Waals surface area (Å²) in [6.07, 6.45) is 2.70. The molecule has 5 atom stereocenters. The Hall–Kier alpha value is -1.24. The van der Waals surface area contributed by atoms with Gasteiger partial charge in [-0.2, -0.15) is 0 Å². The molecule has 8 heteroatoms. The van der Waals surface area contributed by atoms with E-state index in [2.05, 4.69) is 30.8 Å². The number of amides is 1. The molecule has 1 saturated heterocycles. The SMILES string of the molecule is CC1(C)C2CC1[C@]1(C)OB(C(CCC(N)=O)N=[N+]=[N-])O[C@@H]1C2. The van der Waals surface area contributed by atoms with Crippen LogP contribution >= 0.6 is 0 Å². The molecule has 7 nitrogen and oxygen atoms in total. The molecule has 4 fully saturated rings. The van der Waals surface area contributed by atoms with Crippen LogP contribution in [0.1, 0.15) is 46.5 Å². The molecule has 0 aromatic heterocycles. The van der Waals surface area contributed by atoms with Crippen LogP contribution in [-0.4, -0.2) is 30.7 Å². The molecule has 3 aliphatic carbocycles. The number of nitrogens with two attached hydrogens (primary N) is 1. The third-order valence-electron chi connectivity index (χ3n) is 6.17. The first-order valence-electron chi connectivity index (χ1n) is 7.95. The number of nitrogens with zero attached hydrogens (tertiary/aromatic N) is 3. The van der Waals surface area contributed by atoms with E-state index in [4.69, 9.17) is 20.6 Å². The van der Waals surface area contributed by atoms with Crippen molar-refractivity contribution in [1.29, 1.82) is 0 Å². The molecule has 0 spiro atoms. The van der Waals surface area contributed by atoms with Gasteiger partial charge in [0.1, 0.15) is 0 Å². The van der Waals surface area contributed by atoms with E-state index in [9.17, 15) is 4.79 Å². The van der Waals surface area contributed by atoms with Crippen LogP contribution in [-0.2, 0) is 14.1 Å². The van der Waals surface area contributed by atoms with Gasteiger partial charge in [-0.15, -0.1) is 0 Å². The number of hydrogen-bond acceptors (Lipinski definition) is 4. The molecule has 4 rings (SSSR count). The largest absolute Gasteiger partial charge is 0.466 e. The van der Waals surface area contributed by atoms with Crippen molar-refractivity contribution in [2.24, 2.45) is 28.1 Å². The maximum atomic E-state index is 11.0. The first-order chi connectivity index (χ1) is 10.3. The third-order valence-corrected chi connectivity index (χ3v) is 6.17. The number of primary amides is 1. The maximum absolute atomic E-state index is 11.0. The molecular weight excluding hydrogens is 283 g/mol. The number of rotatable bonds is 5. The van der Waals surface area contributed by atoms with E-state index in [0.717, 1.165) is 6.42 Å². The zero-order chi connectivity index (χ0) is 16.1. The summed E-state index contributed by atoms with van der Waals surface area (Å²) in [6.45, 7) is 6.70. The number of carbonyl (C=O) groups excluding carboxylic acids is 1. The van der Waals surface area contributed by atoms with Gasteiger partial charge in [-0.1, -0.05) is 19.0 Å². The van der Waals surface area contributed by atoms with Gasteiger partial charge in [-0.25, -0.2) is 0 Å². The highest BCUT2D eigenvalue weighted by Gasteiger charge is 2.68. The highest BCUT2D eigenvalue weighted by Crippen LogP contribution is 2.65. The highest BCUT2D eigenvalue weighted by molar-refractivity contribution is 6.47. The molecule has 1 heterocycles. The van der Waals surface area contributed by atoms with Crippen molar-refractivity contribution in [3.8, 4) is 0 Å². The van der Waals surface area contributed by atoms with Crippen LogP contribution in [0.15, 0.2) is 5.11 Å². The van der Waals surface area contributed by atoms with Crippen LogP contribution in [0.5, 0.6) is 0 Å². The Balaban J connectivity index is 1.75. The predicted octanol–water partition coefficient (Wildman–Crippen LogP) is 2.20. The molecule has 120 valence electrons. The molecule has 3 saturated carbocycles. The van der Waals surface area contributed by atoms with Gasteiger partial charge in [0.15, 0.2) is 0 Å². The zero-order valence-electron chi connectivity index (χ0n) is 13.4. The highest BCUT2D eigenvalue weighted by atomic mass is 16.7. The van der Waals surface area contributed by atoms with Gasteiger partial charge in [-0.05, 0) is 49.0 Å². The van der Waals surface area contributed by atoms with E-state index < -0.39 is 19.0 Å². The van der Waals surface area contributed by atoms with Crippen molar-refractivity contribution in [3.63, 3.8) is 0 Å². The molecule has 3 unspecified atom stereocenters. The van der Waals surface area contributed by atoms with Crippen molar-refractivity contribution < 1.29 is 14.1 Å².